The van der Waals surface area contributed by atoms with Gasteiger partial charge in [0.25, 0.3) is 5.91 Å². The van der Waals surface area contributed by atoms with Crippen LogP contribution in [0.4, 0.5) is 9.18 Å². The van der Waals surface area contributed by atoms with Crippen molar-refractivity contribution in [1.29, 1.82) is 0 Å². The number of piperazine rings is 1. The number of rotatable bonds is 6. The summed E-state index contributed by atoms with van der Waals surface area (Å²) in [6, 6.07) is 20.2. The van der Waals surface area contributed by atoms with E-state index in [0.717, 1.165) is 11.1 Å². The van der Waals surface area contributed by atoms with Gasteiger partial charge in [0.15, 0.2) is 0 Å². The van der Waals surface area contributed by atoms with Crippen LogP contribution in [0.15, 0.2) is 78.9 Å². The average molecular weight is 566 g/mol. The fourth-order valence-corrected chi connectivity index (χ4v) is 5.41. The molecule has 1 unspecified atom stereocenters. The van der Waals surface area contributed by atoms with Crippen molar-refractivity contribution >= 4 is 29.7 Å². The Labute approximate surface area is 236 Å². The molecule has 0 aromatic heterocycles. The maximum atomic E-state index is 14.0. The first-order chi connectivity index (χ1) is 19.3. The molecule has 1 N–H and O–H groups in total. The van der Waals surface area contributed by atoms with Gasteiger partial charge < -0.3 is 19.4 Å². The molecule has 3 atom stereocenters. The summed E-state index contributed by atoms with van der Waals surface area (Å²) >= 11 is 5.39. The van der Waals surface area contributed by atoms with Gasteiger partial charge in [0.2, 0.25) is 5.91 Å². The van der Waals surface area contributed by atoms with Crippen LogP contribution in [0, 0.1) is 5.82 Å². The van der Waals surface area contributed by atoms with Gasteiger partial charge in [-0.25, -0.2) is 19.2 Å². The molecular formula is C29H29ClFN5O4. The zero-order chi connectivity index (χ0) is 28.4. The molecule has 3 aromatic rings. The third-order valence-electron chi connectivity index (χ3n) is 7.38. The first kappa shape index (κ1) is 27.4. The van der Waals surface area contributed by atoms with E-state index in [1.165, 1.54) is 22.0 Å². The summed E-state index contributed by atoms with van der Waals surface area (Å²) in [5.74, 6) is -0.416. The maximum absolute atomic E-state index is 14.0. The molecule has 4 amide bonds. The molecule has 0 saturated carbocycles. The smallest absolute Gasteiger partial charge is 0.334 e. The predicted octanol–water partition coefficient (Wildman–Crippen LogP) is 4.23. The van der Waals surface area contributed by atoms with Crippen molar-refractivity contribution < 1.29 is 23.1 Å². The molecule has 0 spiro atoms. The van der Waals surface area contributed by atoms with E-state index in [-0.39, 0.29) is 37.3 Å². The third-order valence-corrected chi connectivity index (χ3v) is 7.56. The standard InChI is InChI=1S/C29H29ClFN5O4/c1-19(21-10-12-23(31)13-11-21)34-17-25-35(27(28(34)38)22-6-4-3-5-7-22)26(37)18-33(2)36(25)29(39)32-16-20-8-14-24(40-30)15-9-20/h3-15,19,25,27H,16-18H2,1-2H3,(H,32,39)/t19?,25-,27-/m0/s1. The molecule has 2 fully saturated rings. The van der Waals surface area contributed by atoms with Gasteiger partial charge in [-0.2, -0.15) is 0 Å². The summed E-state index contributed by atoms with van der Waals surface area (Å²) in [4.78, 5) is 44.3. The molecule has 5 rings (SSSR count). The Hall–Kier alpha value is -4.15. The number of carbonyl (C=O) groups is 3. The Balaban J connectivity index is 1.47. The molecular weight excluding hydrogens is 537 g/mol. The highest BCUT2D eigenvalue weighted by atomic mass is 35.5. The van der Waals surface area contributed by atoms with Crippen LogP contribution in [0.1, 0.15) is 35.7 Å². The highest BCUT2D eigenvalue weighted by Crippen LogP contribution is 2.37. The summed E-state index contributed by atoms with van der Waals surface area (Å²) in [5, 5.41) is 5.98. The van der Waals surface area contributed by atoms with Crippen molar-refractivity contribution in [3.8, 4) is 5.75 Å². The highest BCUT2D eigenvalue weighted by Gasteiger charge is 2.52. The number of likely N-dealkylation sites (N-methyl/N-ethyl adjacent to an activating group) is 1. The fraction of sp³-hybridized carbons (Fsp3) is 0.276. The lowest BCUT2D eigenvalue weighted by molar-refractivity contribution is -0.189. The summed E-state index contributed by atoms with van der Waals surface area (Å²) in [6.45, 7) is 2.08. The molecule has 2 aliphatic rings. The third kappa shape index (κ3) is 5.32. The van der Waals surface area contributed by atoms with E-state index in [4.69, 9.17) is 11.9 Å². The van der Waals surface area contributed by atoms with Crippen LogP contribution in [0.2, 0.25) is 0 Å². The van der Waals surface area contributed by atoms with Gasteiger partial charge in [-0.15, -0.1) is 0 Å². The SMILES string of the molecule is CC(c1ccc(F)cc1)N1C[C@H]2N(C(=O)CN(C)N2C(=O)NCc2ccc(OCl)cc2)[C@@H](c2ccccc2)C1=O. The van der Waals surface area contributed by atoms with Gasteiger partial charge in [-0.05, 0) is 47.9 Å². The number of benzene rings is 3. The number of hydrogen-bond acceptors (Lipinski definition) is 5. The second kappa shape index (κ2) is 11.5. The van der Waals surface area contributed by atoms with E-state index < -0.39 is 24.3 Å². The number of carbonyl (C=O) groups excluding carboxylic acids is 3. The van der Waals surface area contributed by atoms with E-state index in [0.29, 0.717) is 11.3 Å². The Morgan fingerprint density at radius 3 is 2.38 bits per heavy atom. The first-order valence-electron chi connectivity index (χ1n) is 12.9. The van der Waals surface area contributed by atoms with Gasteiger partial charge in [0.05, 0.1) is 19.1 Å². The zero-order valence-corrected chi connectivity index (χ0v) is 22.8. The molecule has 0 radical (unpaired) electrons. The second-order valence-corrected chi connectivity index (χ2v) is 10.0. The number of halogens is 2. The molecule has 11 heteroatoms. The molecule has 2 heterocycles. The average Bonchev–Trinajstić information content (AvgIpc) is 2.96. The Bertz CT molecular complexity index is 1380. The lowest BCUT2D eigenvalue weighted by Gasteiger charge is -2.55. The quantitative estimate of drug-likeness (QED) is 0.483. The van der Waals surface area contributed by atoms with Crippen molar-refractivity contribution in [3.63, 3.8) is 0 Å². The number of hydrogen-bond donors (Lipinski definition) is 1. The molecule has 3 aromatic carbocycles. The van der Waals surface area contributed by atoms with Gasteiger partial charge in [-0.1, -0.05) is 54.6 Å². The van der Waals surface area contributed by atoms with Gasteiger partial charge in [0.1, 0.15) is 35.6 Å². The summed E-state index contributed by atoms with van der Waals surface area (Å²) in [6.07, 6.45) is -0.774. The zero-order valence-electron chi connectivity index (χ0n) is 22.0. The molecule has 9 nitrogen and oxygen atoms in total. The lowest BCUT2D eigenvalue weighted by atomic mass is 9.96. The van der Waals surface area contributed by atoms with Gasteiger partial charge in [-0.3, -0.25) is 9.59 Å². The van der Waals surface area contributed by atoms with Crippen molar-refractivity contribution in [2.75, 3.05) is 20.1 Å². The normalized spacial score (nSPS) is 20.2. The van der Waals surface area contributed by atoms with Crippen LogP contribution in [0.25, 0.3) is 0 Å². The maximum Gasteiger partial charge on any atom is 0.334 e. The fourth-order valence-electron chi connectivity index (χ4n) is 5.31. The topological polar surface area (TPSA) is 85.4 Å². The molecule has 0 bridgehead atoms. The molecule has 208 valence electrons. The van der Waals surface area contributed by atoms with Crippen LogP contribution in [-0.2, 0) is 16.1 Å². The van der Waals surface area contributed by atoms with E-state index in [9.17, 15) is 18.8 Å². The van der Waals surface area contributed by atoms with Crippen molar-refractivity contribution in [3.05, 3.63) is 101 Å². The molecule has 40 heavy (non-hydrogen) atoms. The number of hydrazine groups is 1. The number of nitrogens with one attached hydrogen (secondary N) is 1. The van der Waals surface area contributed by atoms with E-state index in [1.807, 2.05) is 25.1 Å². The van der Waals surface area contributed by atoms with Crippen molar-refractivity contribution in [1.82, 2.24) is 25.1 Å². The second-order valence-electron chi connectivity index (χ2n) is 9.85. The van der Waals surface area contributed by atoms with Crippen LogP contribution in [0.3, 0.4) is 0 Å². The molecule has 0 aliphatic carbocycles. The van der Waals surface area contributed by atoms with E-state index in [2.05, 4.69) is 9.61 Å². The van der Waals surface area contributed by atoms with Gasteiger partial charge in [0, 0.05) is 13.6 Å². The van der Waals surface area contributed by atoms with Gasteiger partial charge >= 0.3 is 6.03 Å². The summed E-state index contributed by atoms with van der Waals surface area (Å²) in [7, 11) is 1.67. The predicted molar refractivity (Wildman–Crippen MR) is 146 cm³/mol. The minimum Gasteiger partial charge on any atom is -0.386 e. The number of amides is 4. The Morgan fingerprint density at radius 2 is 1.73 bits per heavy atom. The highest BCUT2D eigenvalue weighted by molar-refractivity contribution is 6.09. The van der Waals surface area contributed by atoms with Crippen LogP contribution in [0.5, 0.6) is 5.75 Å². The van der Waals surface area contributed by atoms with Crippen LogP contribution in [-0.4, -0.2) is 64.0 Å². The van der Waals surface area contributed by atoms with Crippen LogP contribution >= 0.6 is 11.9 Å². The van der Waals surface area contributed by atoms with Crippen molar-refractivity contribution in [2.45, 2.75) is 31.7 Å². The molecule has 2 aliphatic heterocycles. The number of urea groups is 1. The molecule has 2 saturated heterocycles. The summed E-state index contributed by atoms with van der Waals surface area (Å²) < 4.78 is 18.3. The monoisotopic (exact) mass is 565 g/mol. The van der Waals surface area contributed by atoms with E-state index in [1.54, 1.807) is 65.5 Å². The van der Waals surface area contributed by atoms with Crippen molar-refractivity contribution in [2.24, 2.45) is 0 Å². The Morgan fingerprint density at radius 1 is 1.05 bits per heavy atom. The Kier molecular flexibility index (Phi) is 7.90. The summed E-state index contributed by atoms with van der Waals surface area (Å²) in [5.41, 5.74) is 2.21. The minimum absolute atomic E-state index is 0.0736. The minimum atomic E-state index is -0.928. The first-order valence-corrected chi connectivity index (χ1v) is 13.2. The van der Waals surface area contributed by atoms with E-state index >= 15 is 0 Å². The number of fused-ring (bicyclic) bond motifs is 1. The number of nitrogens with zero attached hydrogens (tertiary/aromatic N) is 4. The van der Waals surface area contributed by atoms with Crippen LogP contribution < -0.4 is 9.61 Å². The largest absolute Gasteiger partial charge is 0.386 e. The lowest BCUT2D eigenvalue weighted by Crippen LogP contribution is -2.73.